The molecule has 7 nitrogen and oxygen atoms in total. The van der Waals surface area contributed by atoms with Crippen LogP contribution in [0.2, 0.25) is 0 Å². The summed E-state index contributed by atoms with van der Waals surface area (Å²) in [6, 6.07) is -0.00903. The Labute approximate surface area is 106 Å². The highest BCUT2D eigenvalue weighted by Gasteiger charge is 2.20. The van der Waals surface area contributed by atoms with Gasteiger partial charge in [-0.2, -0.15) is 15.4 Å². The van der Waals surface area contributed by atoms with E-state index in [4.69, 9.17) is 0 Å². The van der Waals surface area contributed by atoms with E-state index < -0.39 is 0 Å². The van der Waals surface area contributed by atoms with Gasteiger partial charge in [0.25, 0.3) is 0 Å². The molecule has 2 aromatic rings. The van der Waals surface area contributed by atoms with Crippen molar-refractivity contribution >= 4 is 0 Å². The van der Waals surface area contributed by atoms with Gasteiger partial charge in [0, 0.05) is 6.54 Å². The van der Waals surface area contributed by atoms with Crippen molar-refractivity contribution in [2.75, 3.05) is 6.54 Å². The maximum absolute atomic E-state index is 4.16. The first-order chi connectivity index (χ1) is 8.86. The highest BCUT2D eigenvalue weighted by molar-refractivity contribution is 5.16. The van der Waals surface area contributed by atoms with Crippen LogP contribution < -0.4 is 5.32 Å². The van der Waals surface area contributed by atoms with Gasteiger partial charge in [0.05, 0.1) is 24.1 Å². The first kappa shape index (κ1) is 12.7. The van der Waals surface area contributed by atoms with E-state index in [1.807, 2.05) is 4.68 Å². The molecule has 1 atom stereocenters. The van der Waals surface area contributed by atoms with Crippen molar-refractivity contribution in [2.45, 2.75) is 39.3 Å². The number of hydrogen-bond donors (Lipinski definition) is 2. The van der Waals surface area contributed by atoms with Crippen molar-refractivity contribution in [3.05, 3.63) is 23.8 Å². The number of aromatic amines is 1. The molecule has 0 spiro atoms. The van der Waals surface area contributed by atoms with Crippen LogP contribution in [0.1, 0.15) is 44.1 Å². The zero-order valence-corrected chi connectivity index (χ0v) is 10.8. The van der Waals surface area contributed by atoms with Gasteiger partial charge < -0.3 is 5.32 Å². The van der Waals surface area contributed by atoms with Crippen LogP contribution in [0.15, 0.2) is 12.4 Å². The Morgan fingerprint density at radius 1 is 1.33 bits per heavy atom. The Morgan fingerprint density at radius 3 is 2.89 bits per heavy atom. The van der Waals surface area contributed by atoms with Crippen LogP contribution in [0, 0.1) is 0 Å². The molecule has 0 aliphatic heterocycles. The summed E-state index contributed by atoms with van der Waals surface area (Å²) in [6.07, 6.45) is 5.60. The molecule has 2 heterocycles. The number of aromatic nitrogens is 6. The Bertz CT molecular complexity index is 448. The van der Waals surface area contributed by atoms with E-state index in [1.54, 1.807) is 12.4 Å². The zero-order valence-electron chi connectivity index (χ0n) is 10.8. The second-order valence-electron chi connectivity index (χ2n) is 4.16. The lowest BCUT2D eigenvalue weighted by Gasteiger charge is -2.16. The molecule has 0 saturated carbocycles. The molecule has 0 saturated heterocycles. The lowest BCUT2D eigenvalue weighted by Crippen LogP contribution is -2.26. The minimum absolute atomic E-state index is 0.00903. The van der Waals surface area contributed by atoms with Gasteiger partial charge in [0.2, 0.25) is 0 Å². The number of hydrogen-bond acceptors (Lipinski definition) is 5. The molecular weight excluding hydrogens is 230 g/mol. The normalized spacial score (nSPS) is 12.8. The maximum Gasteiger partial charge on any atom is 0.106 e. The fraction of sp³-hybridized carbons (Fsp3) is 0.636. The van der Waals surface area contributed by atoms with Crippen molar-refractivity contribution in [1.29, 1.82) is 0 Å². The molecule has 0 radical (unpaired) electrons. The third-order valence-electron chi connectivity index (χ3n) is 2.71. The number of nitrogens with zero attached hydrogens (tertiary/aromatic N) is 5. The Morgan fingerprint density at radius 2 is 2.22 bits per heavy atom. The quantitative estimate of drug-likeness (QED) is 0.761. The Hall–Kier alpha value is -1.76. The summed E-state index contributed by atoms with van der Waals surface area (Å²) < 4.78 is 1.92. The van der Waals surface area contributed by atoms with Crippen molar-refractivity contribution in [2.24, 2.45) is 0 Å². The van der Waals surface area contributed by atoms with Crippen LogP contribution in [-0.4, -0.2) is 36.9 Å². The van der Waals surface area contributed by atoms with Gasteiger partial charge in [0.15, 0.2) is 0 Å². The van der Waals surface area contributed by atoms with Gasteiger partial charge in [-0.05, 0) is 19.4 Å². The first-order valence-corrected chi connectivity index (χ1v) is 6.34. The topological polar surface area (TPSA) is 84.3 Å². The average Bonchev–Trinajstić information content (AvgIpc) is 3.02. The number of rotatable bonds is 7. The van der Waals surface area contributed by atoms with Gasteiger partial charge in [-0.25, -0.2) is 4.68 Å². The van der Waals surface area contributed by atoms with Gasteiger partial charge in [-0.3, -0.25) is 0 Å². The minimum Gasteiger partial charge on any atom is -0.304 e. The summed E-state index contributed by atoms with van der Waals surface area (Å²) in [7, 11) is 0. The predicted molar refractivity (Wildman–Crippen MR) is 66.8 cm³/mol. The van der Waals surface area contributed by atoms with Crippen molar-refractivity contribution < 1.29 is 0 Å². The molecule has 0 amide bonds. The van der Waals surface area contributed by atoms with E-state index in [0.717, 1.165) is 37.3 Å². The van der Waals surface area contributed by atoms with Gasteiger partial charge >= 0.3 is 0 Å². The molecule has 2 rings (SSSR count). The summed E-state index contributed by atoms with van der Waals surface area (Å²) in [6.45, 7) is 6.02. The molecule has 0 aliphatic carbocycles. The van der Waals surface area contributed by atoms with E-state index >= 15 is 0 Å². The molecule has 98 valence electrons. The van der Waals surface area contributed by atoms with Crippen LogP contribution in [0.3, 0.4) is 0 Å². The average molecular weight is 249 g/mol. The lowest BCUT2D eigenvalue weighted by atomic mass is 10.1. The largest absolute Gasteiger partial charge is 0.304 e. The molecule has 7 heteroatoms. The number of aryl methyl sites for hydroxylation is 1. The standard InChI is InChI=1S/C11H19N7/c1-3-5-12-11(9-7-13-16-15-9)10-8-14-17-18(10)6-4-2/h7-8,11-12H,3-6H2,1-2H3,(H,13,15,16). The van der Waals surface area contributed by atoms with Crippen LogP contribution in [0.5, 0.6) is 0 Å². The fourth-order valence-corrected chi connectivity index (χ4v) is 1.87. The molecular formula is C11H19N7. The third-order valence-corrected chi connectivity index (χ3v) is 2.71. The fourth-order valence-electron chi connectivity index (χ4n) is 1.87. The summed E-state index contributed by atoms with van der Waals surface area (Å²) in [4.78, 5) is 0. The predicted octanol–water partition coefficient (Wildman–Crippen LogP) is 0.895. The second-order valence-corrected chi connectivity index (χ2v) is 4.16. The summed E-state index contributed by atoms with van der Waals surface area (Å²) in [5.74, 6) is 0. The van der Waals surface area contributed by atoms with Crippen LogP contribution in [0.25, 0.3) is 0 Å². The molecule has 18 heavy (non-hydrogen) atoms. The van der Waals surface area contributed by atoms with Crippen LogP contribution in [-0.2, 0) is 6.54 Å². The van der Waals surface area contributed by atoms with Crippen molar-refractivity contribution in [3.8, 4) is 0 Å². The highest BCUT2D eigenvalue weighted by Crippen LogP contribution is 2.18. The zero-order chi connectivity index (χ0) is 12.8. The van der Waals surface area contributed by atoms with E-state index in [0.29, 0.717) is 0 Å². The number of H-pyrrole nitrogens is 1. The monoisotopic (exact) mass is 249 g/mol. The summed E-state index contributed by atoms with van der Waals surface area (Å²) >= 11 is 0. The smallest absolute Gasteiger partial charge is 0.106 e. The summed E-state index contributed by atoms with van der Waals surface area (Å²) in [5.41, 5.74) is 1.89. The molecule has 0 bridgehead atoms. The van der Waals surface area contributed by atoms with E-state index in [-0.39, 0.29) is 6.04 Å². The van der Waals surface area contributed by atoms with Gasteiger partial charge in [-0.15, -0.1) is 5.10 Å². The van der Waals surface area contributed by atoms with Crippen LogP contribution >= 0.6 is 0 Å². The number of nitrogens with one attached hydrogen (secondary N) is 2. The van der Waals surface area contributed by atoms with Gasteiger partial charge in [-0.1, -0.05) is 19.1 Å². The van der Waals surface area contributed by atoms with E-state index in [9.17, 15) is 0 Å². The molecule has 0 aromatic carbocycles. The molecule has 1 unspecified atom stereocenters. The van der Waals surface area contributed by atoms with Gasteiger partial charge in [0.1, 0.15) is 5.69 Å². The molecule has 0 aliphatic rings. The second kappa shape index (κ2) is 6.25. The molecule has 0 fully saturated rings. The molecule has 2 N–H and O–H groups in total. The van der Waals surface area contributed by atoms with E-state index in [2.05, 4.69) is 44.9 Å². The van der Waals surface area contributed by atoms with E-state index in [1.165, 1.54) is 0 Å². The van der Waals surface area contributed by atoms with Crippen molar-refractivity contribution in [1.82, 2.24) is 35.7 Å². The molecule has 2 aromatic heterocycles. The highest BCUT2D eigenvalue weighted by atomic mass is 15.4. The SMILES string of the molecule is CCCNC(c1cn[nH]n1)c1cnnn1CCC. The van der Waals surface area contributed by atoms with Crippen LogP contribution in [0.4, 0.5) is 0 Å². The Kier molecular flexibility index (Phi) is 4.40. The maximum atomic E-state index is 4.16. The summed E-state index contributed by atoms with van der Waals surface area (Å²) in [5, 5.41) is 22.2. The lowest BCUT2D eigenvalue weighted by molar-refractivity contribution is 0.498. The van der Waals surface area contributed by atoms with Crippen molar-refractivity contribution in [3.63, 3.8) is 0 Å². The Balaban J connectivity index is 2.24. The third kappa shape index (κ3) is 2.73. The minimum atomic E-state index is -0.00903. The first-order valence-electron chi connectivity index (χ1n) is 6.34.